The van der Waals surface area contributed by atoms with Crippen LogP contribution in [0.3, 0.4) is 0 Å². The molecule has 6 heteroatoms. The average molecular weight is 385 g/mol. The Morgan fingerprint density at radius 3 is 1.17 bits per heavy atom. The summed E-state index contributed by atoms with van der Waals surface area (Å²) >= 11 is 0. The fourth-order valence-corrected chi connectivity index (χ4v) is 4.18. The van der Waals surface area contributed by atoms with E-state index < -0.39 is 0 Å². The highest BCUT2D eigenvalue weighted by Gasteiger charge is 2.42. The smallest absolute Gasteiger partial charge is 0.354 e. The summed E-state index contributed by atoms with van der Waals surface area (Å²) in [4.78, 5) is 0. The van der Waals surface area contributed by atoms with E-state index >= 15 is 0 Å². The van der Waals surface area contributed by atoms with Gasteiger partial charge in [0.25, 0.3) is 0 Å². The van der Waals surface area contributed by atoms with Crippen LogP contribution in [0, 0.1) is 0 Å². The van der Waals surface area contributed by atoms with Gasteiger partial charge in [-0.25, -0.2) is 0 Å². The van der Waals surface area contributed by atoms with Crippen LogP contribution in [0.5, 0.6) is 0 Å². The molecule has 0 aromatic heterocycles. The Kier molecular flexibility index (Phi) is 5.32. The first kappa shape index (κ1) is 18.7. The van der Waals surface area contributed by atoms with Crippen molar-refractivity contribution in [1.82, 2.24) is 5.14 Å². The minimum absolute atomic E-state index is 0.0683. The van der Waals surface area contributed by atoms with Gasteiger partial charge in [-0.1, -0.05) is 97.1 Å². The summed E-state index contributed by atoms with van der Waals surface area (Å²) in [6.07, 6.45) is 0. The SMILES string of the molecule is B1N(c2ccccc2)B(c2ccccc2)NB(c2ccccc2)N1c1ccccc1. The third kappa shape index (κ3) is 3.74. The van der Waals surface area contributed by atoms with E-state index in [-0.39, 0.29) is 14.0 Å². The molecule has 3 nitrogen and oxygen atoms in total. The van der Waals surface area contributed by atoms with E-state index in [2.05, 4.69) is 136 Å². The van der Waals surface area contributed by atoms with Crippen LogP contribution in [0.25, 0.3) is 0 Å². The van der Waals surface area contributed by atoms with E-state index in [9.17, 15) is 0 Å². The van der Waals surface area contributed by atoms with Crippen molar-refractivity contribution in [1.29, 1.82) is 0 Å². The Morgan fingerprint density at radius 1 is 0.467 bits per heavy atom. The van der Waals surface area contributed by atoms with Crippen LogP contribution in [0.15, 0.2) is 121 Å². The van der Waals surface area contributed by atoms with Crippen LogP contribution in [-0.2, 0) is 0 Å². The third-order valence-electron chi connectivity index (χ3n) is 5.65. The molecule has 0 spiro atoms. The van der Waals surface area contributed by atoms with Crippen molar-refractivity contribution in [3.05, 3.63) is 121 Å². The van der Waals surface area contributed by atoms with E-state index in [0.717, 1.165) is 7.55 Å². The number of nitrogens with zero attached hydrogens (tertiary/aromatic N) is 2. The molecule has 0 aliphatic carbocycles. The van der Waals surface area contributed by atoms with E-state index in [1.54, 1.807) is 0 Å². The molecule has 0 unspecified atom stereocenters. The Labute approximate surface area is 179 Å². The van der Waals surface area contributed by atoms with Gasteiger partial charge in [-0.3, -0.25) is 0 Å². The summed E-state index contributed by atoms with van der Waals surface area (Å²) in [5, 5.41) is 3.94. The van der Waals surface area contributed by atoms with Gasteiger partial charge in [0, 0.05) is 11.4 Å². The molecular weight excluding hydrogens is 363 g/mol. The zero-order valence-corrected chi connectivity index (χ0v) is 16.8. The van der Waals surface area contributed by atoms with E-state index in [1.165, 1.54) is 22.3 Å². The maximum atomic E-state index is 3.94. The van der Waals surface area contributed by atoms with Gasteiger partial charge < -0.3 is 14.6 Å². The lowest BCUT2D eigenvalue weighted by molar-refractivity contribution is 1.28. The second kappa shape index (κ2) is 8.56. The maximum absolute atomic E-state index is 3.94. The predicted molar refractivity (Wildman–Crippen MR) is 132 cm³/mol. The minimum Gasteiger partial charge on any atom is -0.429 e. The van der Waals surface area contributed by atoms with Gasteiger partial charge in [0.2, 0.25) is 0 Å². The Hall–Kier alpha value is -3.37. The number of para-hydroxylation sites is 2. The largest absolute Gasteiger partial charge is 0.429 e. The van der Waals surface area contributed by atoms with Crippen molar-refractivity contribution in [3.8, 4) is 0 Å². The molecule has 5 rings (SSSR count). The van der Waals surface area contributed by atoms with Crippen LogP contribution in [0.4, 0.5) is 11.4 Å². The van der Waals surface area contributed by atoms with E-state index in [1.807, 2.05) is 0 Å². The molecule has 4 aromatic carbocycles. The van der Waals surface area contributed by atoms with Crippen LogP contribution >= 0.6 is 0 Å². The number of nitrogens with one attached hydrogen (secondary N) is 1. The first-order valence-electron chi connectivity index (χ1n) is 10.4. The Balaban J connectivity index is 1.61. The predicted octanol–water partition coefficient (Wildman–Crippen LogP) is 2.66. The van der Waals surface area contributed by atoms with Gasteiger partial charge in [0.1, 0.15) is 0 Å². The number of anilines is 2. The summed E-state index contributed by atoms with van der Waals surface area (Å²) in [5.74, 6) is 0. The van der Waals surface area contributed by atoms with Gasteiger partial charge in [0.05, 0.1) is 0 Å². The van der Waals surface area contributed by atoms with Gasteiger partial charge in [-0.2, -0.15) is 0 Å². The topological polar surface area (TPSA) is 18.5 Å². The lowest BCUT2D eigenvalue weighted by Gasteiger charge is -2.46. The van der Waals surface area contributed by atoms with Crippen LogP contribution in [-0.4, -0.2) is 21.5 Å². The zero-order valence-electron chi connectivity index (χ0n) is 16.8. The molecule has 0 radical (unpaired) electrons. The second-order valence-corrected chi connectivity index (χ2v) is 7.55. The quantitative estimate of drug-likeness (QED) is 0.546. The molecule has 1 heterocycles. The summed E-state index contributed by atoms with van der Waals surface area (Å²) in [7, 11) is 0.778. The summed E-state index contributed by atoms with van der Waals surface area (Å²) in [6.45, 7) is 0.137. The van der Waals surface area contributed by atoms with Gasteiger partial charge in [0.15, 0.2) is 0 Å². The van der Waals surface area contributed by atoms with Crippen molar-refractivity contribution in [3.63, 3.8) is 0 Å². The molecule has 1 aliphatic rings. The molecule has 1 saturated heterocycles. The van der Waals surface area contributed by atoms with Crippen LogP contribution in [0.2, 0.25) is 0 Å². The monoisotopic (exact) mass is 385 g/mol. The average Bonchev–Trinajstić information content (AvgIpc) is 2.85. The summed E-state index contributed by atoms with van der Waals surface area (Å²) in [5.41, 5.74) is 4.92. The fourth-order valence-electron chi connectivity index (χ4n) is 4.18. The van der Waals surface area contributed by atoms with Crippen molar-refractivity contribution in [2.75, 3.05) is 9.44 Å². The number of benzene rings is 4. The highest BCUT2D eigenvalue weighted by molar-refractivity contribution is 7.02. The Bertz CT molecular complexity index is 890. The third-order valence-corrected chi connectivity index (χ3v) is 5.65. The van der Waals surface area contributed by atoms with Crippen molar-refractivity contribution in [2.45, 2.75) is 0 Å². The van der Waals surface area contributed by atoms with Crippen molar-refractivity contribution >= 4 is 43.8 Å². The maximum Gasteiger partial charge on any atom is 0.354 e. The van der Waals surface area contributed by atoms with Crippen LogP contribution in [0.1, 0.15) is 0 Å². The molecule has 0 atom stereocenters. The highest BCUT2D eigenvalue weighted by Crippen LogP contribution is 2.22. The van der Waals surface area contributed by atoms with Crippen molar-refractivity contribution < 1.29 is 0 Å². The normalized spacial score (nSPS) is 13.9. The number of hydrogen-bond donors (Lipinski definition) is 1. The number of rotatable bonds is 4. The summed E-state index contributed by atoms with van der Waals surface area (Å²) < 4.78 is 4.86. The van der Waals surface area contributed by atoms with E-state index in [0.29, 0.717) is 0 Å². The molecule has 30 heavy (non-hydrogen) atoms. The van der Waals surface area contributed by atoms with Gasteiger partial charge in [-0.05, 0) is 35.2 Å². The molecule has 1 N–H and O–H groups in total. The van der Waals surface area contributed by atoms with Gasteiger partial charge >= 0.3 is 21.5 Å². The molecule has 142 valence electrons. The molecule has 4 aromatic rings. The highest BCUT2D eigenvalue weighted by atomic mass is 15.2. The Morgan fingerprint density at radius 2 is 0.800 bits per heavy atom. The molecule has 0 amide bonds. The lowest BCUT2D eigenvalue weighted by atomic mass is 9.47. The molecule has 0 saturated carbocycles. The number of hydrogen-bond acceptors (Lipinski definition) is 3. The lowest BCUT2D eigenvalue weighted by Crippen LogP contribution is -2.79. The summed E-state index contributed by atoms with van der Waals surface area (Å²) in [6, 6.07) is 42.7. The van der Waals surface area contributed by atoms with E-state index in [4.69, 9.17) is 0 Å². The second-order valence-electron chi connectivity index (χ2n) is 7.55. The van der Waals surface area contributed by atoms with Crippen LogP contribution < -0.4 is 25.5 Å². The fraction of sp³-hybridized carbons (Fsp3) is 0. The zero-order chi connectivity index (χ0) is 20.2. The standard InChI is InChI=1S/C24H22B3N3/c1-5-13-21(14-6-1)26-28-27(22-15-7-2-8-16-22)30(24-19-11-4-12-20-24)25-29(26)23-17-9-3-10-18-23/h1-20,25,28H. The first-order valence-corrected chi connectivity index (χ1v) is 10.4. The molecular formula is C24H22B3N3. The van der Waals surface area contributed by atoms with Gasteiger partial charge in [-0.15, -0.1) is 0 Å². The molecule has 1 fully saturated rings. The molecule has 0 bridgehead atoms. The minimum atomic E-state index is 0.0683. The van der Waals surface area contributed by atoms with Crippen molar-refractivity contribution in [2.24, 2.45) is 0 Å². The molecule has 1 aliphatic heterocycles. The first-order chi connectivity index (χ1) is 14.9.